The molecule has 4 N–H and O–H groups in total. The zero-order valence-corrected chi connectivity index (χ0v) is 24.9. The number of hydrogen-bond donors (Lipinski definition) is 4. The first-order valence-corrected chi connectivity index (χ1v) is 18.1. The molecule has 218 valence electrons. The lowest BCUT2D eigenvalue weighted by Crippen LogP contribution is -2.86. The molecule has 8 fully saturated rings. The first-order chi connectivity index (χ1) is 19.4. The molecule has 6 heteroatoms. The van der Waals surface area contributed by atoms with Crippen molar-refractivity contribution < 1.29 is 0 Å². The maximum Gasteiger partial charge on any atom is 0.183 e. The molecule has 39 heavy (non-hydrogen) atoms. The Bertz CT molecular complexity index is 722. The molecule has 5 aliphatic heterocycles. The minimum Gasteiger partial charge on any atom is -0.321 e. The summed E-state index contributed by atoms with van der Waals surface area (Å²) in [7, 11) is 0. The summed E-state index contributed by atoms with van der Waals surface area (Å²) in [6.45, 7) is 5.71. The van der Waals surface area contributed by atoms with Crippen LogP contribution in [0.3, 0.4) is 0 Å². The number of nitrogens with zero attached hydrogens (tertiary/aromatic N) is 1. The summed E-state index contributed by atoms with van der Waals surface area (Å²) in [6, 6.07) is 2.26. The molecule has 0 bridgehead atoms. The third-order valence-corrected chi connectivity index (χ3v) is 14.1. The van der Waals surface area contributed by atoms with Gasteiger partial charge in [0, 0.05) is 36.6 Å². The molecule has 3 aliphatic carbocycles. The number of fused-ring (bicyclic) bond motifs is 8. The zero-order valence-electron chi connectivity index (χ0n) is 24.9. The van der Waals surface area contributed by atoms with Crippen LogP contribution in [-0.4, -0.2) is 74.0 Å². The van der Waals surface area contributed by atoms with Gasteiger partial charge in [-0.3, -0.25) is 10.2 Å². The van der Waals surface area contributed by atoms with Gasteiger partial charge in [-0.05, 0) is 94.1 Å². The van der Waals surface area contributed by atoms with Crippen LogP contribution in [0.25, 0.3) is 0 Å². The van der Waals surface area contributed by atoms with Crippen molar-refractivity contribution in [2.24, 2.45) is 23.2 Å². The summed E-state index contributed by atoms with van der Waals surface area (Å²) in [6.07, 6.45) is 27.0. The van der Waals surface area contributed by atoms with Crippen LogP contribution < -0.4 is 21.3 Å². The minimum absolute atomic E-state index is 0.440. The van der Waals surface area contributed by atoms with Crippen molar-refractivity contribution in [1.29, 1.82) is 0 Å². The molecule has 5 heterocycles. The fourth-order valence-corrected chi connectivity index (χ4v) is 13.1. The van der Waals surface area contributed by atoms with Crippen LogP contribution in [0.5, 0.6) is 0 Å². The van der Waals surface area contributed by atoms with Gasteiger partial charge < -0.3 is 16.0 Å². The van der Waals surface area contributed by atoms with E-state index in [4.69, 9.17) is 0 Å². The van der Waals surface area contributed by atoms with Crippen molar-refractivity contribution in [1.82, 2.24) is 26.2 Å². The SMILES string of the molecule is C1CCC(B2C3NCCCC3C3(C4CCCNC24)C2CCCCC2N(C2CCCCC2)C2NCCNC23)CC1. The molecule has 8 rings (SSSR count). The second-order valence-corrected chi connectivity index (χ2v) is 15.5. The van der Waals surface area contributed by atoms with Gasteiger partial charge in [0.05, 0.1) is 6.17 Å². The predicted octanol–water partition coefficient (Wildman–Crippen LogP) is 4.72. The standard InChI is InChI=1S/C33H58BN5/c1-3-11-23(12-4-1)34-30-26(16-9-19-36-30)33(27-17-10-20-37-31(27)34)25-15-7-8-18-28(25)39(24-13-5-2-6-14-24)32-29(33)35-21-22-38-32/h23-32,35-38H,1-22H2. The van der Waals surface area contributed by atoms with E-state index in [2.05, 4.69) is 26.2 Å². The van der Waals surface area contributed by atoms with Crippen molar-refractivity contribution in [3.8, 4) is 0 Å². The Hall–Kier alpha value is -0.135. The van der Waals surface area contributed by atoms with Gasteiger partial charge in [-0.2, -0.15) is 0 Å². The molecule has 5 nitrogen and oxygen atoms in total. The molecular weight excluding hydrogens is 477 g/mol. The average molecular weight is 536 g/mol. The highest BCUT2D eigenvalue weighted by atomic mass is 15.4. The molecule has 0 aromatic rings. The van der Waals surface area contributed by atoms with Crippen LogP contribution in [0.4, 0.5) is 0 Å². The van der Waals surface area contributed by atoms with E-state index in [9.17, 15) is 0 Å². The Balaban J connectivity index is 1.26. The van der Waals surface area contributed by atoms with E-state index in [1.54, 1.807) is 0 Å². The molecular formula is C33H58BN5. The maximum absolute atomic E-state index is 4.38. The van der Waals surface area contributed by atoms with Gasteiger partial charge in [-0.25, -0.2) is 0 Å². The Morgan fingerprint density at radius 1 is 0.513 bits per heavy atom. The first kappa shape index (κ1) is 26.5. The van der Waals surface area contributed by atoms with Gasteiger partial charge in [-0.1, -0.05) is 70.0 Å². The number of likely N-dealkylation sites (tertiary alicyclic amines) is 1. The highest BCUT2D eigenvalue weighted by Crippen LogP contribution is 2.65. The maximum atomic E-state index is 4.38. The summed E-state index contributed by atoms with van der Waals surface area (Å²) in [5, 5.41) is 17.3. The Morgan fingerprint density at radius 3 is 1.82 bits per heavy atom. The van der Waals surface area contributed by atoms with E-state index in [1.165, 1.54) is 135 Å². The van der Waals surface area contributed by atoms with Crippen LogP contribution in [-0.2, 0) is 0 Å². The first-order valence-electron chi connectivity index (χ1n) is 18.1. The molecule has 0 amide bonds. The van der Waals surface area contributed by atoms with E-state index in [0.717, 1.165) is 60.8 Å². The second-order valence-electron chi connectivity index (χ2n) is 15.5. The second kappa shape index (κ2) is 11.2. The quantitative estimate of drug-likeness (QED) is 0.386. The summed E-state index contributed by atoms with van der Waals surface area (Å²) in [5.41, 5.74) is 0.440. The number of hydrogen-bond acceptors (Lipinski definition) is 5. The lowest BCUT2D eigenvalue weighted by molar-refractivity contribution is -0.199. The fraction of sp³-hybridized carbons (Fsp3) is 1.00. The molecule has 1 spiro atoms. The largest absolute Gasteiger partial charge is 0.321 e. The van der Waals surface area contributed by atoms with Crippen molar-refractivity contribution in [2.45, 2.75) is 158 Å². The smallest absolute Gasteiger partial charge is 0.183 e. The van der Waals surface area contributed by atoms with Gasteiger partial charge in [0.1, 0.15) is 0 Å². The summed E-state index contributed by atoms with van der Waals surface area (Å²) in [5.74, 6) is 5.03. The Kier molecular flexibility index (Phi) is 7.59. The normalized spacial score (nSPS) is 48.2. The number of nitrogens with one attached hydrogen (secondary N) is 4. The van der Waals surface area contributed by atoms with Crippen LogP contribution in [0.15, 0.2) is 0 Å². The predicted molar refractivity (Wildman–Crippen MR) is 162 cm³/mol. The molecule has 8 unspecified atom stereocenters. The molecule has 0 aromatic carbocycles. The summed E-state index contributed by atoms with van der Waals surface area (Å²) < 4.78 is 0. The zero-order chi connectivity index (χ0) is 25.8. The van der Waals surface area contributed by atoms with Crippen molar-refractivity contribution >= 4 is 6.71 Å². The lowest BCUT2D eigenvalue weighted by Gasteiger charge is -2.74. The molecule has 0 aromatic heterocycles. The topological polar surface area (TPSA) is 51.4 Å². The highest BCUT2D eigenvalue weighted by Gasteiger charge is 2.71. The van der Waals surface area contributed by atoms with Crippen LogP contribution in [0, 0.1) is 23.2 Å². The number of piperazine rings is 1. The molecule has 0 radical (unpaired) electrons. The minimum atomic E-state index is 0.440. The molecule has 8 aliphatic rings. The van der Waals surface area contributed by atoms with E-state index in [0.29, 0.717) is 17.6 Å². The van der Waals surface area contributed by atoms with Crippen molar-refractivity contribution in [2.75, 3.05) is 26.2 Å². The van der Waals surface area contributed by atoms with E-state index in [1.807, 2.05) is 0 Å². The highest BCUT2D eigenvalue weighted by molar-refractivity contribution is 6.64. The van der Waals surface area contributed by atoms with E-state index >= 15 is 0 Å². The number of rotatable bonds is 2. The lowest BCUT2D eigenvalue weighted by atomic mass is 9.19. The van der Waals surface area contributed by atoms with Crippen LogP contribution in [0.1, 0.15) is 116 Å². The fourth-order valence-electron chi connectivity index (χ4n) is 13.1. The average Bonchev–Trinajstić information content (AvgIpc) is 3.02. The van der Waals surface area contributed by atoms with Crippen LogP contribution >= 0.6 is 0 Å². The Morgan fingerprint density at radius 2 is 1.10 bits per heavy atom. The van der Waals surface area contributed by atoms with Gasteiger partial charge in [-0.15, -0.1) is 0 Å². The summed E-state index contributed by atoms with van der Waals surface area (Å²) in [4.78, 5) is 3.18. The van der Waals surface area contributed by atoms with Crippen LogP contribution in [0.2, 0.25) is 5.82 Å². The third-order valence-electron chi connectivity index (χ3n) is 14.1. The van der Waals surface area contributed by atoms with E-state index < -0.39 is 0 Å². The Labute approximate surface area is 239 Å². The van der Waals surface area contributed by atoms with E-state index in [-0.39, 0.29) is 0 Å². The van der Waals surface area contributed by atoms with Crippen molar-refractivity contribution in [3.05, 3.63) is 0 Å². The van der Waals surface area contributed by atoms with Gasteiger partial charge in [0.2, 0.25) is 0 Å². The molecule has 8 atom stereocenters. The monoisotopic (exact) mass is 535 g/mol. The van der Waals surface area contributed by atoms with Gasteiger partial charge >= 0.3 is 0 Å². The molecule has 3 saturated carbocycles. The number of piperidine rings is 3. The third kappa shape index (κ3) is 4.19. The molecule has 5 saturated heterocycles. The summed E-state index contributed by atoms with van der Waals surface area (Å²) >= 11 is 0. The van der Waals surface area contributed by atoms with Crippen molar-refractivity contribution in [3.63, 3.8) is 0 Å². The van der Waals surface area contributed by atoms with Gasteiger partial charge in [0.25, 0.3) is 0 Å². The van der Waals surface area contributed by atoms with Gasteiger partial charge in [0.15, 0.2) is 6.71 Å².